The van der Waals surface area contributed by atoms with E-state index in [1.54, 1.807) is 18.2 Å². The van der Waals surface area contributed by atoms with Crippen molar-refractivity contribution in [2.24, 2.45) is 5.14 Å². The van der Waals surface area contributed by atoms with Gasteiger partial charge in [0.1, 0.15) is 0 Å². The lowest BCUT2D eigenvalue weighted by molar-refractivity contribution is 0.377. The Morgan fingerprint density at radius 2 is 2.08 bits per heavy atom. The summed E-state index contributed by atoms with van der Waals surface area (Å²) in [5, 5.41) is 9.30. The highest BCUT2D eigenvalue weighted by Gasteiger charge is 2.23. The predicted molar refractivity (Wildman–Crippen MR) is 97.0 cm³/mol. The van der Waals surface area contributed by atoms with Gasteiger partial charge in [-0.1, -0.05) is 35.0 Å². The minimum Gasteiger partial charge on any atom is -0.362 e. The molecule has 1 aliphatic rings. The van der Waals surface area contributed by atoms with Gasteiger partial charge in [0.25, 0.3) is 0 Å². The van der Waals surface area contributed by atoms with Crippen LogP contribution in [0, 0.1) is 6.92 Å². The van der Waals surface area contributed by atoms with Crippen LogP contribution in [0.1, 0.15) is 17.0 Å². The third kappa shape index (κ3) is 3.21. The second-order valence-corrected chi connectivity index (χ2v) is 7.95. The van der Waals surface area contributed by atoms with Crippen LogP contribution in [-0.4, -0.2) is 25.1 Å². The van der Waals surface area contributed by atoms with E-state index >= 15 is 0 Å². The third-order valence-corrected chi connectivity index (χ3v) is 5.36. The van der Waals surface area contributed by atoms with Gasteiger partial charge < -0.3 is 9.42 Å². The first-order valence-corrected chi connectivity index (χ1v) is 9.75. The van der Waals surface area contributed by atoms with E-state index in [-0.39, 0.29) is 4.90 Å². The molecule has 7 nitrogen and oxygen atoms in total. The van der Waals surface area contributed by atoms with Gasteiger partial charge in [0.2, 0.25) is 21.7 Å². The Balaban J connectivity index is 1.59. The summed E-state index contributed by atoms with van der Waals surface area (Å²) in [6, 6.07) is 12.8. The van der Waals surface area contributed by atoms with E-state index in [0.29, 0.717) is 18.3 Å². The second kappa shape index (κ2) is 6.22. The number of aromatic nitrogens is 2. The molecular formula is C18H18N4O3S. The zero-order chi connectivity index (χ0) is 18.3. The Morgan fingerprint density at radius 1 is 1.23 bits per heavy atom. The molecule has 0 amide bonds. The Hall–Kier alpha value is -2.71. The van der Waals surface area contributed by atoms with Crippen molar-refractivity contribution in [3.05, 3.63) is 59.5 Å². The van der Waals surface area contributed by atoms with Gasteiger partial charge >= 0.3 is 0 Å². The first-order valence-electron chi connectivity index (χ1n) is 8.20. The van der Waals surface area contributed by atoms with Gasteiger partial charge in [-0.05, 0) is 37.1 Å². The summed E-state index contributed by atoms with van der Waals surface area (Å²) in [7, 11) is -3.73. The number of hydrogen-bond acceptors (Lipinski definition) is 6. The second-order valence-electron chi connectivity index (χ2n) is 6.39. The van der Waals surface area contributed by atoms with Crippen LogP contribution in [0.5, 0.6) is 0 Å². The van der Waals surface area contributed by atoms with Crippen LogP contribution in [-0.2, 0) is 23.0 Å². The fourth-order valence-electron chi connectivity index (χ4n) is 3.15. The fraction of sp³-hybridized carbons (Fsp3) is 0.222. The molecule has 26 heavy (non-hydrogen) atoms. The zero-order valence-electron chi connectivity index (χ0n) is 14.2. The molecule has 0 radical (unpaired) electrons. The van der Waals surface area contributed by atoms with Crippen LogP contribution in [0.15, 0.2) is 51.9 Å². The van der Waals surface area contributed by atoms with Gasteiger partial charge in [-0.15, -0.1) is 0 Å². The first kappa shape index (κ1) is 16.7. The number of rotatable bonds is 4. The lowest BCUT2D eigenvalue weighted by Gasteiger charge is -2.17. The maximum atomic E-state index is 11.6. The molecule has 0 saturated carbocycles. The molecule has 0 atom stereocenters. The molecule has 0 aliphatic carbocycles. The summed E-state index contributed by atoms with van der Waals surface area (Å²) in [4.78, 5) is 6.60. The maximum Gasteiger partial charge on any atom is 0.246 e. The van der Waals surface area contributed by atoms with Crippen molar-refractivity contribution in [1.82, 2.24) is 10.1 Å². The molecule has 0 saturated heterocycles. The molecular weight excluding hydrogens is 352 g/mol. The van der Waals surface area contributed by atoms with Crippen LogP contribution < -0.4 is 10.0 Å². The molecule has 2 aromatic carbocycles. The fourth-order valence-corrected chi connectivity index (χ4v) is 3.68. The van der Waals surface area contributed by atoms with Crippen LogP contribution in [0.2, 0.25) is 0 Å². The number of nitrogens with zero attached hydrogens (tertiary/aromatic N) is 3. The average molecular weight is 370 g/mol. The summed E-state index contributed by atoms with van der Waals surface area (Å²) in [6.07, 6.45) is 0.832. The van der Waals surface area contributed by atoms with E-state index in [1.165, 1.54) is 0 Å². The molecule has 2 N–H and O–H groups in total. The monoisotopic (exact) mass is 370 g/mol. The highest BCUT2D eigenvalue weighted by atomic mass is 32.2. The van der Waals surface area contributed by atoms with E-state index in [2.05, 4.69) is 10.1 Å². The Morgan fingerprint density at radius 3 is 2.85 bits per heavy atom. The molecule has 1 aliphatic heterocycles. The van der Waals surface area contributed by atoms with E-state index in [9.17, 15) is 8.42 Å². The SMILES string of the molecule is Cc1cccc(-c2noc(CN3CCc4ccc(S(N)(=O)=O)cc43)n2)c1. The number of benzene rings is 2. The van der Waals surface area contributed by atoms with Crippen LogP contribution in [0.4, 0.5) is 5.69 Å². The number of primary sulfonamides is 1. The highest BCUT2D eigenvalue weighted by molar-refractivity contribution is 7.89. The van der Waals surface area contributed by atoms with E-state index in [1.807, 2.05) is 36.1 Å². The number of fused-ring (bicyclic) bond motifs is 1. The summed E-state index contributed by atoms with van der Waals surface area (Å²) in [6.45, 7) is 3.18. The molecule has 8 heteroatoms. The van der Waals surface area contributed by atoms with E-state index in [0.717, 1.165) is 35.3 Å². The minimum absolute atomic E-state index is 0.106. The summed E-state index contributed by atoms with van der Waals surface area (Å²) < 4.78 is 28.6. The largest absolute Gasteiger partial charge is 0.362 e. The number of nitrogens with two attached hydrogens (primary N) is 1. The lowest BCUT2D eigenvalue weighted by Crippen LogP contribution is -2.20. The molecule has 4 rings (SSSR count). The Bertz CT molecular complexity index is 1080. The van der Waals surface area contributed by atoms with Gasteiger partial charge in [0, 0.05) is 17.8 Å². The molecule has 0 bridgehead atoms. The summed E-state index contributed by atoms with van der Waals surface area (Å²) in [5.74, 6) is 1.02. The van der Waals surface area contributed by atoms with Crippen LogP contribution >= 0.6 is 0 Å². The van der Waals surface area contributed by atoms with Gasteiger partial charge in [-0.3, -0.25) is 0 Å². The quantitative estimate of drug-likeness (QED) is 0.756. The highest BCUT2D eigenvalue weighted by Crippen LogP contribution is 2.31. The van der Waals surface area contributed by atoms with Crippen molar-refractivity contribution >= 4 is 15.7 Å². The average Bonchev–Trinajstić information content (AvgIpc) is 3.22. The molecule has 0 fully saturated rings. The Kier molecular flexibility index (Phi) is 4.01. The zero-order valence-corrected chi connectivity index (χ0v) is 15.0. The van der Waals surface area contributed by atoms with Crippen LogP contribution in [0.3, 0.4) is 0 Å². The van der Waals surface area contributed by atoms with E-state index < -0.39 is 10.0 Å². The van der Waals surface area contributed by atoms with Gasteiger partial charge in [-0.2, -0.15) is 4.98 Å². The summed E-state index contributed by atoms with van der Waals surface area (Å²) >= 11 is 0. The number of anilines is 1. The number of hydrogen-bond donors (Lipinski definition) is 1. The molecule has 3 aromatic rings. The molecule has 134 valence electrons. The smallest absolute Gasteiger partial charge is 0.246 e. The van der Waals surface area contributed by atoms with Gasteiger partial charge in [-0.25, -0.2) is 13.6 Å². The molecule has 2 heterocycles. The van der Waals surface area contributed by atoms with Crippen molar-refractivity contribution in [3.63, 3.8) is 0 Å². The van der Waals surface area contributed by atoms with Crippen molar-refractivity contribution in [2.45, 2.75) is 24.8 Å². The topological polar surface area (TPSA) is 102 Å². The molecule has 1 aromatic heterocycles. The third-order valence-electron chi connectivity index (χ3n) is 4.45. The van der Waals surface area contributed by atoms with Crippen molar-refractivity contribution in [1.29, 1.82) is 0 Å². The standard InChI is InChI=1S/C18H18N4O3S/c1-12-3-2-4-14(9-12)18-20-17(25-21-18)11-22-8-7-13-5-6-15(10-16(13)22)26(19,23)24/h2-6,9-10H,7-8,11H2,1H3,(H2,19,23,24). The van der Waals surface area contributed by atoms with Gasteiger partial charge in [0.15, 0.2) is 0 Å². The van der Waals surface area contributed by atoms with Gasteiger partial charge in [0.05, 0.1) is 11.4 Å². The van der Waals surface area contributed by atoms with Crippen molar-refractivity contribution in [3.8, 4) is 11.4 Å². The Labute approximate surface area is 151 Å². The normalized spacial score (nSPS) is 13.8. The maximum absolute atomic E-state index is 11.6. The van der Waals surface area contributed by atoms with Crippen molar-refractivity contribution in [2.75, 3.05) is 11.4 Å². The predicted octanol–water partition coefficient (Wildman–Crippen LogP) is 2.26. The number of sulfonamides is 1. The number of aryl methyl sites for hydroxylation is 1. The van der Waals surface area contributed by atoms with Crippen molar-refractivity contribution < 1.29 is 12.9 Å². The first-order chi connectivity index (χ1) is 12.4. The van der Waals surface area contributed by atoms with Crippen LogP contribution in [0.25, 0.3) is 11.4 Å². The molecule has 0 spiro atoms. The van der Waals surface area contributed by atoms with E-state index in [4.69, 9.17) is 9.66 Å². The molecule has 0 unspecified atom stereocenters. The minimum atomic E-state index is -3.73. The lowest BCUT2D eigenvalue weighted by atomic mass is 10.1. The summed E-state index contributed by atoms with van der Waals surface area (Å²) in [5.41, 5.74) is 3.94.